The highest BCUT2D eigenvalue weighted by Crippen LogP contribution is 2.19. The van der Waals surface area contributed by atoms with Crippen molar-refractivity contribution in [2.45, 2.75) is 4.90 Å². The molecule has 0 aliphatic carbocycles. The Hall–Kier alpha value is -3.65. The van der Waals surface area contributed by atoms with Crippen LogP contribution in [0.1, 0.15) is 10.4 Å². The standard InChI is InChI=1S/C21H19N3O4S/c1-29(27,28)19-10-6-5-9-18(19)20(25)22-16-11-13-17(14-12-16)24-21(26)23-15-7-3-2-4-8-15/h2-14H,1H3,(H,22,25)(H2,23,24,26). The number of benzene rings is 3. The molecule has 0 fully saturated rings. The molecule has 3 N–H and O–H groups in total. The number of nitrogens with one attached hydrogen (secondary N) is 3. The van der Waals surface area contributed by atoms with E-state index < -0.39 is 21.8 Å². The van der Waals surface area contributed by atoms with E-state index in [2.05, 4.69) is 16.0 Å². The van der Waals surface area contributed by atoms with Gasteiger partial charge in [0.25, 0.3) is 5.91 Å². The van der Waals surface area contributed by atoms with Crippen molar-refractivity contribution in [1.82, 2.24) is 0 Å². The Bertz CT molecular complexity index is 1130. The summed E-state index contributed by atoms with van der Waals surface area (Å²) < 4.78 is 23.7. The minimum atomic E-state index is -3.53. The molecule has 0 saturated heterocycles. The Labute approximate surface area is 168 Å². The molecule has 3 aromatic rings. The van der Waals surface area contributed by atoms with Crippen LogP contribution in [-0.4, -0.2) is 26.6 Å². The van der Waals surface area contributed by atoms with Gasteiger partial charge in [-0.2, -0.15) is 0 Å². The molecule has 7 nitrogen and oxygen atoms in total. The first-order valence-corrected chi connectivity index (χ1v) is 10.6. The van der Waals surface area contributed by atoms with E-state index in [1.165, 1.54) is 12.1 Å². The summed E-state index contributed by atoms with van der Waals surface area (Å²) in [5.41, 5.74) is 1.73. The number of carbonyl (C=O) groups excluding carboxylic acids is 2. The number of rotatable bonds is 5. The first kappa shape index (κ1) is 20.1. The van der Waals surface area contributed by atoms with Crippen molar-refractivity contribution >= 4 is 38.8 Å². The van der Waals surface area contributed by atoms with Crippen molar-refractivity contribution in [2.75, 3.05) is 22.2 Å². The molecule has 0 unspecified atom stereocenters. The molecule has 0 spiro atoms. The van der Waals surface area contributed by atoms with Gasteiger partial charge in [0.2, 0.25) is 0 Å². The van der Waals surface area contributed by atoms with Crippen LogP contribution < -0.4 is 16.0 Å². The number of hydrogen-bond acceptors (Lipinski definition) is 4. The second kappa shape index (κ2) is 8.57. The number of carbonyl (C=O) groups is 2. The van der Waals surface area contributed by atoms with Crippen LogP contribution in [-0.2, 0) is 9.84 Å². The Balaban J connectivity index is 1.65. The topological polar surface area (TPSA) is 104 Å². The molecule has 148 valence electrons. The summed E-state index contributed by atoms with van der Waals surface area (Å²) in [6, 6.07) is 21.1. The second-order valence-electron chi connectivity index (χ2n) is 6.24. The summed E-state index contributed by atoms with van der Waals surface area (Å²) in [6.07, 6.45) is 1.06. The number of hydrogen-bond donors (Lipinski definition) is 3. The quantitative estimate of drug-likeness (QED) is 0.593. The third kappa shape index (κ3) is 5.43. The fourth-order valence-corrected chi connectivity index (χ4v) is 3.51. The number of urea groups is 1. The van der Waals surface area contributed by atoms with Gasteiger partial charge in [-0.3, -0.25) is 4.79 Å². The summed E-state index contributed by atoms with van der Waals surface area (Å²) >= 11 is 0. The molecule has 0 aliphatic heterocycles. The van der Waals surface area contributed by atoms with Crippen molar-refractivity contribution in [1.29, 1.82) is 0 Å². The average Bonchev–Trinajstić information content (AvgIpc) is 2.69. The van der Waals surface area contributed by atoms with E-state index >= 15 is 0 Å². The summed E-state index contributed by atoms with van der Waals surface area (Å²) in [5, 5.41) is 8.05. The Morgan fingerprint density at radius 3 is 1.72 bits per heavy atom. The van der Waals surface area contributed by atoms with E-state index in [0.717, 1.165) is 6.26 Å². The van der Waals surface area contributed by atoms with E-state index in [4.69, 9.17) is 0 Å². The van der Waals surface area contributed by atoms with Crippen LogP contribution in [0, 0.1) is 0 Å². The number of amides is 3. The van der Waals surface area contributed by atoms with Crippen LogP contribution in [0.3, 0.4) is 0 Å². The SMILES string of the molecule is CS(=O)(=O)c1ccccc1C(=O)Nc1ccc(NC(=O)Nc2ccccc2)cc1. The normalized spacial score (nSPS) is 10.8. The summed E-state index contributed by atoms with van der Waals surface area (Å²) in [4.78, 5) is 24.5. The van der Waals surface area contributed by atoms with Gasteiger partial charge in [-0.15, -0.1) is 0 Å². The zero-order chi connectivity index (χ0) is 20.9. The number of para-hydroxylation sites is 1. The lowest BCUT2D eigenvalue weighted by Gasteiger charge is -2.10. The van der Waals surface area contributed by atoms with Gasteiger partial charge < -0.3 is 16.0 Å². The molecule has 0 aliphatic rings. The van der Waals surface area contributed by atoms with Gasteiger partial charge in [0.05, 0.1) is 10.5 Å². The molecule has 0 radical (unpaired) electrons. The van der Waals surface area contributed by atoms with Crippen LogP contribution in [0.15, 0.2) is 83.8 Å². The van der Waals surface area contributed by atoms with E-state index in [1.807, 2.05) is 18.2 Å². The van der Waals surface area contributed by atoms with Crippen LogP contribution in [0.2, 0.25) is 0 Å². The number of anilines is 3. The Morgan fingerprint density at radius 2 is 1.14 bits per heavy atom. The van der Waals surface area contributed by atoms with Crippen molar-refractivity contribution in [2.24, 2.45) is 0 Å². The Morgan fingerprint density at radius 1 is 0.655 bits per heavy atom. The molecular formula is C21H19N3O4S. The van der Waals surface area contributed by atoms with E-state index in [0.29, 0.717) is 17.1 Å². The zero-order valence-electron chi connectivity index (χ0n) is 15.5. The first-order valence-electron chi connectivity index (χ1n) is 8.66. The summed E-state index contributed by atoms with van der Waals surface area (Å²) in [7, 11) is -3.53. The van der Waals surface area contributed by atoms with E-state index in [-0.39, 0.29) is 10.5 Å². The summed E-state index contributed by atoms with van der Waals surface area (Å²) in [6.45, 7) is 0. The van der Waals surface area contributed by atoms with Crippen LogP contribution in [0.25, 0.3) is 0 Å². The fourth-order valence-electron chi connectivity index (χ4n) is 2.63. The van der Waals surface area contributed by atoms with Gasteiger partial charge in [-0.05, 0) is 48.5 Å². The summed E-state index contributed by atoms with van der Waals surface area (Å²) in [5.74, 6) is -0.534. The molecule has 0 saturated carbocycles. The highest BCUT2D eigenvalue weighted by atomic mass is 32.2. The highest BCUT2D eigenvalue weighted by molar-refractivity contribution is 7.90. The lowest BCUT2D eigenvalue weighted by atomic mass is 10.2. The molecule has 3 rings (SSSR count). The minimum Gasteiger partial charge on any atom is -0.322 e. The maximum atomic E-state index is 12.5. The van der Waals surface area contributed by atoms with Gasteiger partial charge >= 0.3 is 6.03 Å². The largest absolute Gasteiger partial charge is 0.323 e. The molecule has 0 heterocycles. The van der Waals surface area contributed by atoms with Gasteiger partial charge in [-0.1, -0.05) is 30.3 Å². The molecule has 0 bridgehead atoms. The Kier molecular flexibility index (Phi) is 5.94. The highest BCUT2D eigenvalue weighted by Gasteiger charge is 2.18. The maximum absolute atomic E-state index is 12.5. The third-order valence-corrected chi connectivity index (χ3v) is 5.12. The van der Waals surface area contributed by atoms with Gasteiger partial charge in [-0.25, -0.2) is 13.2 Å². The molecule has 3 aromatic carbocycles. The predicted octanol–water partition coefficient (Wildman–Crippen LogP) is 3.99. The predicted molar refractivity (Wildman–Crippen MR) is 113 cm³/mol. The van der Waals surface area contributed by atoms with Gasteiger partial charge in [0, 0.05) is 23.3 Å². The van der Waals surface area contributed by atoms with Crippen LogP contribution in [0.4, 0.5) is 21.9 Å². The molecule has 8 heteroatoms. The monoisotopic (exact) mass is 409 g/mol. The average molecular weight is 409 g/mol. The molecule has 29 heavy (non-hydrogen) atoms. The lowest BCUT2D eigenvalue weighted by molar-refractivity contribution is 0.102. The lowest BCUT2D eigenvalue weighted by Crippen LogP contribution is -2.19. The molecule has 0 aromatic heterocycles. The van der Waals surface area contributed by atoms with Crippen molar-refractivity contribution in [3.63, 3.8) is 0 Å². The van der Waals surface area contributed by atoms with E-state index in [9.17, 15) is 18.0 Å². The minimum absolute atomic E-state index is 0.0339. The molecular weight excluding hydrogens is 390 g/mol. The smallest absolute Gasteiger partial charge is 0.322 e. The zero-order valence-corrected chi connectivity index (χ0v) is 16.4. The van der Waals surface area contributed by atoms with Crippen molar-refractivity contribution < 1.29 is 18.0 Å². The van der Waals surface area contributed by atoms with Crippen molar-refractivity contribution in [3.05, 3.63) is 84.4 Å². The molecule has 0 atom stereocenters. The van der Waals surface area contributed by atoms with E-state index in [1.54, 1.807) is 48.5 Å². The number of sulfone groups is 1. The van der Waals surface area contributed by atoms with Crippen molar-refractivity contribution in [3.8, 4) is 0 Å². The fraction of sp³-hybridized carbons (Fsp3) is 0.0476. The second-order valence-corrected chi connectivity index (χ2v) is 8.23. The van der Waals surface area contributed by atoms with Crippen LogP contribution in [0.5, 0.6) is 0 Å². The van der Waals surface area contributed by atoms with Gasteiger partial charge in [0.15, 0.2) is 9.84 Å². The van der Waals surface area contributed by atoms with Crippen LogP contribution >= 0.6 is 0 Å². The molecule has 3 amide bonds. The van der Waals surface area contributed by atoms with Gasteiger partial charge in [0.1, 0.15) is 0 Å². The maximum Gasteiger partial charge on any atom is 0.323 e. The third-order valence-electron chi connectivity index (χ3n) is 3.96. The first-order chi connectivity index (χ1) is 13.8.